The topological polar surface area (TPSA) is 35.8 Å². The Bertz CT molecular complexity index is 637. The van der Waals surface area contributed by atoms with Crippen molar-refractivity contribution in [2.24, 2.45) is 0 Å². The van der Waals surface area contributed by atoms with Gasteiger partial charge in [0.1, 0.15) is 5.82 Å². The lowest BCUT2D eigenvalue weighted by Gasteiger charge is -2.09. The molecule has 90 valence electrons. The van der Waals surface area contributed by atoms with Crippen molar-refractivity contribution in [3.05, 3.63) is 57.3 Å². The average Bonchev–Trinajstić information content (AvgIpc) is 2.36. The minimum absolute atomic E-state index is 0.0600. The Hall–Kier alpha value is -1.57. The number of hydrogen-bond donors (Lipinski definition) is 1. The lowest BCUT2D eigenvalue weighted by atomic mass is 10.2. The van der Waals surface area contributed by atoms with E-state index in [1.54, 1.807) is 24.3 Å². The summed E-state index contributed by atoms with van der Waals surface area (Å²) in [7, 11) is 0. The second kappa shape index (κ2) is 5.38. The summed E-state index contributed by atoms with van der Waals surface area (Å²) in [4.78, 5) is 0. The van der Waals surface area contributed by atoms with E-state index in [0.29, 0.717) is 11.3 Å². The monoisotopic (exact) mass is 324 g/mol. The van der Waals surface area contributed by atoms with E-state index >= 15 is 0 Å². The molecule has 18 heavy (non-hydrogen) atoms. The van der Waals surface area contributed by atoms with Gasteiger partial charge < -0.3 is 5.32 Å². The van der Waals surface area contributed by atoms with Crippen LogP contribution in [-0.4, -0.2) is 0 Å². The van der Waals surface area contributed by atoms with Crippen molar-refractivity contribution in [3.63, 3.8) is 0 Å². The molecule has 0 amide bonds. The molecule has 0 saturated heterocycles. The van der Waals surface area contributed by atoms with E-state index in [4.69, 9.17) is 16.9 Å². The first-order valence-corrected chi connectivity index (χ1v) is 6.19. The van der Waals surface area contributed by atoms with Crippen LogP contribution < -0.4 is 5.32 Å². The highest BCUT2D eigenvalue weighted by molar-refractivity contribution is 9.10. The van der Waals surface area contributed by atoms with Crippen LogP contribution in [0.2, 0.25) is 5.02 Å². The van der Waals surface area contributed by atoms with E-state index in [2.05, 4.69) is 21.2 Å². The molecule has 0 aliphatic rings. The van der Waals surface area contributed by atoms with Crippen LogP contribution in [0.4, 0.5) is 15.8 Å². The normalized spacial score (nSPS) is 9.89. The first-order chi connectivity index (χ1) is 8.60. The zero-order valence-corrected chi connectivity index (χ0v) is 11.4. The average molecular weight is 326 g/mol. The molecule has 1 N–H and O–H groups in total. The third kappa shape index (κ3) is 2.81. The number of halogens is 3. The standard InChI is InChI=1S/C13H7BrClFN2/c14-10-5-8(7-17)1-4-13(10)18-9-2-3-12(16)11(15)6-9/h1-6,18H. The third-order valence-corrected chi connectivity index (χ3v) is 3.24. The minimum atomic E-state index is -0.457. The maximum Gasteiger partial charge on any atom is 0.141 e. The number of rotatable bonds is 2. The molecule has 5 heteroatoms. The molecule has 0 atom stereocenters. The Kier molecular flexibility index (Phi) is 3.85. The number of nitrogens with zero attached hydrogens (tertiary/aromatic N) is 1. The molecule has 0 aliphatic heterocycles. The van der Waals surface area contributed by atoms with E-state index in [-0.39, 0.29) is 5.02 Å². The second-order valence-electron chi connectivity index (χ2n) is 3.56. The Morgan fingerprint density at radius 1 is 1.22 bits per heavy atom. The highest BCUT2D eigenvalue weighted by atomic mass is 79.9. The number of hydrogen-bond acceptors (Lipinski definition) is 2. The molecular weight excluding hydrogens is 319 g/mol. The van der Waals surface area contributed by atoms with Gasteiger partial charge in [-0.1, -0.05) is 11.6 Å². The molecule has 0 saturated carbocycles. The molecule has 0 radical (unpaired) electrons. The van der Waals surface area contributed by atoms with E-state index in [9.17, 15) is 4.39 Å². The predicted molar refractivity (Wildman–Crippen MR) is 73.5 cm³/mol. The fraction of sp³-hybridized carbons (Fsp3) is 0. The fourth-order valence-electron chi connectivity index (χ4n) is 1.42. The first kappa shape index (κ1) is 12.9. The maximum atomic E-state index is 13.0. The molecule has 0 unspecified atom stereocenters. The van der Waals surface area contributed by atoms with Gasteiger partial charge in [-0.05, 0) is 52.3 Å². The van der Waals surface area contributed by atoms with Gasteiger partial charge in [-0.3, -0.25) is 0 Å². The number of nitrogens with one attached hydrogen (secondary N) is 1. The molecule has 2 aromatic rings. The smallest absolute Gasteiger partial charge is 0.141 e. The van der Waals surface area contributed by atoms with Crippen molar-refractivity contribution < 1.29 is 4.39 Å². The minimum Gasteiger partial charge on any atom is -0.355 e. The highest BCUT2D eigenvalue weighted by Crippen LogP contribution is 2.28. The van der Waals surface area contributed by atoms with E-state index in [1.165, 1.54) is 12.1 Å². The van der Waals surface area contributed by atoms with Crippen LogP contribution in [0.3, 0.4) is 0 Å². The zero-order chi connectivity index (χ0) is 13.1. The fourth-order valence-corrected chi connectivity index (χ4v) is 2.07. The molecule has 0 spiro atoms. The SMILES string of the molecule is N#Cc1ccc(Nc2ccc(F)c(Cl)c2)c(Br)c1. The van der Waals surface area contributed by atoms with Gasteiger partial charge in [0.2, 0.25) is 0 Å². The summed E-state index contributed by atoms with van der Waals surface area (Å²) in [6.07, 6.45) is 0. The van der Waals surface area contributed by atoms with Gasteiger partial charge in [0.05, 0.1) is 22.3 Å². The van der Waals surface area contributed by atoms with Crippen LogP contribution in [0.5, 0.6) is 0 Å². The predicted octanol–water partition coefficient (Wildman–Crippen LogP) is 4.86. The van der Waals surface area contributed by atoms with E-state index in [0.717, 1.165) is 10.2 Å². The van der Waals surface area contributed by atoms with Gasteiger partial charge in [-0.25, -0.2) is 4.39 Å². The highest BCUT2D eigenvalue weighted by Gasteiger charge is 2.04. The number of nitriles is 1. The first-order valence-electron chi connectivity index (χ1n) is 5.02. The Labute approximate surface area is 117 Å². The second-order valence-corrected chi connectivity index (χ2v) is 4.82. The lowest BCUT2D eigenvalue weighted by molar-refractivity contribution is 0.628. The number of benzene rings is 2. The van der Waals surface area contributed by atoms with Gasteiger partial charge in [0, 0.05) is 10.2 Å². The summed E-state index contributed by atoms with van der Waals surface area (Å²) in [5.41, 5.74) is 2.01. The van der Waals surface area contributed by atoms with Gasteiger partial charge in [0.15, 0.2) is 0 Å². The molecule has 0 bridgehead atoms. The van der Waals surface area contributed by atoms with Crippen molar-refractivity contribution >= 4 is 38.9 Å². The Morgan fingerprint density at radius 3 is 2.61 bits per heavy atom. The van der Waals surface area contributed by atoms with Crippen LogP contribution in [0, 0.1) is 17.1 Å². The molecule has 0 fully saturated rings. The van der Waals surface area contributed by atoms with Crippen LogP contribution in [0.15, 0.2) is 40.9 Å². The lowest BCUT2D eigenvalue weighted by Crippen LogP contribution is -1.92. The number of anilines is 2. The van der Waals surface area contributed by atoms with Crippen molar-refractivity contribution in [1.82, 2.24) is 0 Å². The molecule has 2 nitrogen and oxygen atoms in total. The quantitative estimate of drug-likeness (QED) is 0.856. The van der Waals surface area contributed by atoms with Crippen LogP contribution in [0.25, 0.3) is 0 Å². The summed E-state index contributed by atoms with van der Waals surface area (Å²) in [5.74, 6) is -0.457. The van der Waals surface area contributed by atoms with Crippen molar-refractivity contribution in [1.29, 1.82) is 5.26 Å². The maximum absolute atomic E-state index is 13.0. The van der Waals surface area contributed by atoms with Crippen LogP contribution in [-0.2, 0) is 0 Å². The molecule has 2 aromatic carbocycles. The van der Waals surface area contributed by atoms with Gasteiger partial charge in [-0.2, -0.15) is 5.26 Å². The third-order valence-electron chi connectivity index (χ3n) is 2.30. The van der Waals surface area contributed by atoms with Crippen LogP contribution in [0.1, 0.15) is 5.56 Å². The zero-order valence-electron chi connectivity index (χ0n) is 9.05. The molecular formula is C13H7BrClFN2. The Morgan fingerprint density at radius 2 is 2.00 bits per heavy atom. The van der Waals surface area contributed by atoms with E-state index in [1.807, 2.05) is 6.07 Å². The van der Waals surface area contributed by atoms with Crippen molar-refractivity contribution in [2.75, 3.05) is 5.32 Å². The van der Waals surface area contributed by atoms with Gasteiger partial charge >= 0.3 is 0 Å². The summed E-state index contributed by atoms with van der Waals surface area (Å²) in [6.45, 7) is 0. The van der Waals surface area contributed by atoms with Crippen LogP contribution >= 0.6 is 27.5 Å². The summed E-state index contributed by atoms with van der Waals surface area (Å²) in [5, 5.41) is 11.9. The van der Waals surface area contributed by atoms with Crippen molar-refractivity contribution in [3.8, 4) is 6.07 Å². The molecule has 2 rings (SSSR count). The summed E-state index contributed by atoms with van der Waals surface area (Å²) in [6, 6.07) is 11.6. The molecule has 0 aromatic heterocycles. The van der Waals surface area contributed by atoms with Gasteiger partial charge in [0.25, 0.3) is 0 Å². The largest absolute Gasteiger partial charge is 0.355 e. The summed E-state index contributed by atoms with van der Waals surface area (Å²) < 4.78 is 13.8. The van der Waals surface area contributed by atoms with Gasteiger partial charge in [-0.15, -0.1) is 0 Å². The van der Waals surface area contributed by atoms with Crippen molar-refractivity contribution in [2.45, 2.75) is 0 Å². The molecule has 0 aliphatic carbocycles. The summed E-state index contributed by atoms with van der Waals surface area (Å²) >= 11 is 9.06. The molecule has 0 heterocycles. The Balaban J connectivity index is 2.29. The van der Waals surface area contributed by atoms with E-state index < -0.39 is 5.82 Å².